The minimum absolute atomic E-state index is 0.0900. The van der Waals surface area contributed by atoms with Gasteiger partial charge < -0.3 is 5.11 Å². The van der Waals surface area contributed by atoms with Gasteiger partial charge in [0.25, 0.3) is 0 Å². The molecule has 0 fully saturated rings. The van der Waals surface area contributed by atoms with E-state index in [-0.39, 0.29) is 6.61 Å². The van der Waals surface area contributed by atoms with Gasteiger partial charge in [-0.3, -0.25) is 0 Å². The van der Waals surface area contributed by atoms with Gasteiger partial charge in [0.2, 0.25) is 0 Å². The topological polar surface area (TPSA) is 20.2 Å². The predicted molar refractivity (Wildman–Crippen MR) is 68.1 cm³/mol. The summed E-state index contributed by atoms with van der Waals surface area (Å²) < 4.78 is 2.25. The highest BCUT2D eigenvalue weighted by Gasteiger charge is 2.08. The van der Waals surface area contributed by atoms with Crippen molar-refractivity contribution in [3.63, 3.8) is 0 Å². The molecule has 0 amide bonds. The summed E-state index contributed by atoms with van der Waals surface area (Å²) >= 11 is 8.60. The summed E-state index contributed by atoms with van der Waals surface area (Å²) in [5.41, 5.74) is 2.24. The van der Waals surface area contributed by atoms with Gasteiger partial charge in [-0.1, -0.05) is 31.9 Å². The second-order valence-electron chi connectivity index (χ2n) is 2.99. The molecule has 1 heterocycles. The Kier molecular flexibility index (Phi) is 3.27. The molecule has 0 unspecified atom stereocenters. The molecule has 0 atom stereocenters. The standard InChI is InChI=1S/C10H8Br2OS/c11-3-7-5-14-9-2-8(12)1-6(4-13)10(7)9/h1-2,5,13H,3-4H2. The smallest absolute Gasteiger partial charge is 0.0688 e. The van der Waals surface area contributed by atoms with Crippen molar-refractivity contribution in [1.29, 1.82) is 0 Å². The molecule has 14 heavy (non-hydrogen) atoms. The molecule has 0 aliphatic rings. The van der Waals surface area contributed by atoms with Crippen LogP contribution in [0.15, 0.2) is 22.0 Å². The van der Waals surface area contributed by atoms with Crippen molar-refractivity contribution in [3.05, 3.63) is 33.1 Å². The zero-order chi connectivity index (χ0) is 10.1. The third kappa shape index (κ3) is 1.76. The van der Waals surface area contributed by atoms with Crippen molar-refractivity contribution < 1.29 is 5.11 Å². The molecule has 0 spiro atoms. The number of alkyl halides is 1. The van der Waals surface area contributed by atoms with Crippen LogP contribution in [0.3, 0.4) is 0 Å². The molecular formula is C10H8Br2OS. The first-order chi connectivity index (χ1) is 6.76. The average molecular weight is 336 g/mol. The molecule has 4 heteroatoms. The molecule has 1 aromatic heterocycles. The van der Waals surface area contributed by atoms with E-state index in [2.05, 4.69) is 43.3 Å². The summed E-state index contributed by atoms with van der Waals surface area (Å²) in [6.45, 7) is 0.0900. The van der Waals surface area contributed by atoms with E-state index >= 15 is 0 Å². The van der Waals surface area contributed by atoms with Gasteiger partial charge in [-0.15, -0.1) is 11.3 Å². The van der Waals surface area contributed by atoms with Crippen molar-refractivity contribution in [2.45, 2.75) is 11.9 Å². The van der Waals surface area contributed by atoms with Crippen molar-refractivity contribution >= 4 is 53.3 Å². The van der Waals surface area contributed by atoms with Crippen LogP contribution in [-0.2, 0) is 11.9 Å². The lowest BCUT2D eigenvalue weighted by atomic mass is 10.1. The fourth-order valence-corrected chi connectivity index (χ4v) is 3.87. The minimum Gasteiger partial charge on any atom is -0.392 e. The highest BCUT2D eigenvalue weighted by molar-refractivity contribution is 9.10. The molecular weight excluding hydrogens is 328 g/mol. The molecule has 74 valence electrons. The molecule has 1 aromatic carbocycles. The zero-order valence-electron chi connectivity index (χ0n) is 7.26. The number of aliphatic hydroxyl groups is 1. The quantitative estimate of drug-likeness (QED) is 0.821. The Labute approximate surface area is 103 Å². The Bertz CT molecular complexity index is 464. The third-order valence-corrected chi connectivity index (χ3v) is 4.15. The summed E-state index contributed by atoms with van der Waals surface area (Å²) in [5.74, 6) is 0. The molecule has 1 N–H and O–H groups in total. The molecule has 2 rings (SSSR count). The Morgan fingerprint density at radius 2 is 2.07 bits per heavy atom. The number of hydrogen-bond donors (Lipinski definition) is 1. The first-order valence-corrected chi connectivity index (χ1v) is 6.91. The van der Waals surface area contributed by atoms with Gasteiger partial charge >= 0.3 is 0 Å². The second kappa shape index (κ2) is 4.31. The number of benzene rings is 1. The molecule has 0 saturated heterocycles. The van der Waals surface area contributed by atoms with E-state index in [1.54, 1.807) is 11.3 Å². The average Bonchev–Trinajstić information content (AvgIpc) is 2.59. The molecule has 0 aliphatic carbocycles. The normalized spacial score (nSPS) is 11.1. The van der Waals surface area contributed by atoms with E-state index in [1.165, 1.54) is 15.6 Å². The first-order valence-electron chi connectivity index (χ1n) is 4.11. The summed E-state index contributed by atoms with van der Waals surface area (Å²) in [6, 6.07) is 4.06. The lowest BCUT2D eigenvalue weighted by molar-refractivity contribution is 0.283. The minimum atomic E-state index is 0.0900. The van der Waals surface area contributed by atoms with Gasteiger partial charge in [0.1, 0.15) is 0 Å². The maximum absolute atomic E-state index is 9.27. The fraction of sp³-hybridized carbons (Fsp3) is 0.200. The highest BCUT2D eigenvalue weighted by atomic mass is 79.9. The number of rotatable bonds is 2. The lowest BCUT2D eigenvalue weighted by Crippen LogP contribution is -1.86. The van der Waals surface area contributed by atoms with Crippen LogP contribution >= 0.6 is 43.2 Å². The van der Waals surface area contributed by atoms with E-state index in [9.17, 15) is 5.11 Å². The van der Waals surface area contributed by atoms with Gasteiger partial charge in [-0.25, -0.2) is 0 Å². The van der Waals surface area contributed by atoms with E-state index in [4.69, 9.17) is 0 Å². The Balaban J connectivity index is 2.78. The molecule has 0 radical (unpaired) electrons. The second-order valence-corrected chi connectivity index (χ2v) is 5.38. The van der Waals surface area contributed by atoms with Crippen molar-refractivity contribution in [1.82, 2.24) is 0 Å². The summed E-state index contributed by atoms with van der Waals surface area (Å²) in [6.07, 6.45) is 0. The van der Waals surface area contributed by atoms with E-state index in [0.29, 0.717) is 0 Å². The van der Waals surface area contributed by atoms with Gasteiger partial charge in [0, 0.05) is 19.9 Å². The lowest BCUT2D eigenvalue weighted by Gasteiger charge is -2.02. The number of thiophene rings is 1. The monoisotopic (exact) mass is 334 g/mol. The summed E-state index contributed by atoms with van der Waals surface area (Å²) in [4.78, 5) is 0. The Morgan fingerprint density at radius 1 is 1.29 bits per heavy atom. The number of halogens is 2. The van der Waals surface area contributed by atoms with Gasteiger partial charge in [-0.05, 0) is 28.6 Å². The number of hydrogen-bond acceptors (Lipinski definition) is 2. The van der Waals surface area contributed by atoms with Gasteiger partial charge in [0.05, 0.1) is 6.61 Å². The third-order valence-electron chi connectivity index (χ3n) is 2.11. The predicted octanol–water partition coefficient (Wildman–Crippen LogP) is 4.05. The largest absolute Gasteiger partial charge is 0.392 e. The fourth-order valence-electron chi connectivity index (χ4n) is 1.51. The number of fused-ring (bicyclic) bond motifs is 1. The van der Waals surface area contributed by atoms with Gasteiger partial charge in [-0.2, -0.15) is 0 Å². The maximum atomic E-state index is 9.27. The Hall–Kier alpha value is 0.1000. The van der Waals surface area contributed by atoms with Crippen LogP contribution in [0.2, 0.25) is 0 Å². The molecule has 0 saturated carbocycles. The van der Waals surface area contributed by atoms with Crippen LogP contribution in [0.25, 0.3) is 10.1 Å². The molecule has 2 aromatic rings. The summed E-state index contributed by atoms with van der Waals surface area (Å²) in [7, 11) is 0. The van der Waals surface area contributed by atoms with Crippen LogP contribution in [0.5, 0.6) is 0 Å². The van der Waals surface area contributed by atoms with Crippen LogP contribution in [0.4, 0.5) is 0 Å². The van der Waals surface area contributed by atoms with Crippen LogP contribution in [0, 0.1) is 0 Å². The van der Waals surface area contributed by atoms with E-state index in [1.807, 2.05) is 6.07 Å². The Morgan fingerprint density at radius 3 is 2.71 bits per heavy atom. The van der Waals surface area contributed by atoms with Crippen molar-refractivity contribution in [3.8, 4) is 0 Å². The van der Waals surface area contributed by atoms with Crippen LogP contribution in [-0.4, -0.2) is 5.11 Å². The van der Waals surface area contributed by atoms with Gasteiger partial charge in [0.15, 0.2) is 0 Å². The maximum Gasteiger partial charge on any atom is 0.0688 e. The van der Waals surface area contributed by atoms with Crippen molar-refractivity contribution in [2.75, 3.05) is 0 Å². The van der Waals surface area contributed by atoms with Crippen LogP contribution < -0.4 is 0 Å². The van der Waals surface area contributed by atoms with Crippen molar-refractivity contribution in [2.24, 2.45) is 0 Å². The molecule has 0 aliphatic heterocycles. The number of aliphatic hydroxyl groups excluding tert-OH is 1. The van der Waals surface area contributed by atoms with E-state index < -0.39 is 0 Å². The summed E-state index contributed by atoms with van der Waals surface area (Å²) in [5, 5.41) is 13.4. The van der Waals surface area contributed by atoms with E-state index in [0.717, 1.165) is 15.4 Å². The molecule has 0 bridgehead atoms. The first kappa shape index (κ1) is 10.6. The SMILES string of the molecule is OCc1cc(Br)cc2scc(CBr)c12. The zero-order valence-corrected chi connectivity index (χ0v) is 11.2. The van der Waals surface area contributed by atoms with Crippen LogP contribution in [0.1, 0.15) is 11.1 Å². The highest BCUT2D eigenvalue weighted by Crippen LogP contribution is 2.33. The molecule has 1 nitrogen and oxygen atoms in total.